The number of rotatable bonds is 2. The summed E-state index contributed by atoms with van der Waals surface area (Å²) >= 11 is 0. The lowest BCUT2D eigenvalue weighted by Crippen LogP contribution is -2.24. The second kappa shape index (κ2) is 3.32. The van der Waals surface area contributed by atoms with Gasteiger partial charge in [-0.25, -0.2) is 8.78 Å². The van der Waals surface area contributed by atoms with Crippen LogP contribution in [0.15, 0.2) is 16.5 Å². The number of anilines is 1. The lowest BCUT2D eigenvalue weighted by molar-refractivity contribution is 0.0255. The number of carbonyl (C=O) groups excluding carboxylic acids is 1. The Kier molecular flexibility index (Phi) is 2.25. The molecule has 0 aliphatic carbocycles. The number of ketones is 1. The molecule has 3 nitrogen and oxygen atoms in total. The molecule has 0 saturated carbocycles. The molecule has 1 saturated heterocycles. The molecule has 0 unspecified atom stereocenters. The summed E-state index contributed by atoms with van der Waals surface area (Å²) in [5.74, 6) is -2.30. The third-order valence-electron chi connectivity index (χ3n) is 2.42. The van der Waals surface area contributed by atoms with Crippen molar-refractivity contribution in [2.75, 3.05) is 18.0 Å². The van der Waals surface area contributed by atoms with Crippen LogP contribution in [0.4, 0.5) is 14.7 Å². The smallest absolute Gasteiger partial charge is 0.267 e. The van der Waals surface area contributed by atoms with Crippen LogP contribution in [0.1, 0.15) is 23.9 Å². The Labute approximate surface area is 85.7 Å². The van der Waals surface area contributed by atoms with Gasteiger partial charge in [-0.1, -0.05) is 0 Å². The minimum absolute atomic E-state index is 0.164. The minimum atomic E-state index is -2.65. The molecule has 1 fully saturated rings. The lowest BCUT2D eigenvalue weighted by Gasteiger charge is -2.13. The molecule has 0 atom stereocenters. The largest absolute Gasteiger partial charge is 0.437 e. The zero-order valence-electron chi connectivity index (χ0n) is 8.30. The quantitative estimate of drug-likeness (QED) is 0.710. The monoisotopic (exact) mass is 215 g/mol. The topological polar surface area (TPSA) is 33.5 Å². The third-order valence-corrected chi connectivity index (χ3v) is 2.42. The molecule has 15 heavy (non-hydrogen) atoms. The van der Waals surface area contributed by atoms with Gasteiger partial charge in [0, 0.05) is 26.0 Å². The number of furan rings is 1. The maximum absolute atomic E-state index is 12.9. The van der Waals surface area contributed by atoms with Crippen LogP contribution >= 0.6 is 0 Å². The Morgan fingerprint density at radius 3 is 2.73 bits per heavy atom. The summed E-state index contributed by atoms with van der Waals surface area (Å²) < 4.78 is 31.0. The second-order valence-electron chi connectivity index (χ2n) is 3.72. The highest BCUT2D eigenvalue weighted by molar-refractivity contribution is 5.91. The van der Waals surface area contributed by atoms with E-state index in [1.165, 1.54) is 17.9 Å². The first-order chi connectivity index (χ1) is 6.98. The summed E-state index contributed by atoms with van der Waals surface area (Å²) in [6.45, 7) is 1.30. The average molecular weight is 215 g/mol. The summed E-state index contributed by atoms with van der Waals surface area (Å²) in [7, 11) is 0. The highest BCUT2D eigenvalue weighted by Crippen LogP contribution is 2.31. The minimum Gasteiger partial charge on any atom is -0.437 e. The van der Waals surface area contributed by atoms with E-state index < -0.39 is 5.92 Å². The van der Waals surface area contributed by atoms with Gasteiger partial charge in [0.2, 0.25) is 0 Å². The Morgan fingerprint density at radius 2 is 2.27 bits per heavy atom. The van der Waals surface area contributed by atoms with Crippen molar-refractivity contribution >= 4 is 11.7 Å². The molecule has 82 valence electrons. The highest BCUT2D eigenvalue weighted by Gasteiger charge is 2.39. The van der Waals surface area contributed by atoms with Crippen LogP contribution in [0.5, 0.6) is 0 Å². The fourth-order valence-electron chi connectivity index (χ4n) is 1.61. The standard InChI is InChI=1S/C10H11F2NO2/c1-7(14)8-2-3-9(15-8)13-5-4-10(11,12)6-13/h2-3H,4-6H2,1H3. The first-order valence-electron chi connectivity index (χ1n) is 4.71. The van der Waals surface area contributed by atoms with E-state index in [0.717, 1.165) is 0 Å². The van der Waals surface area contributed by atoms with Crippen molar-refractivity contribution in [2.45, 2.75) is 19.3 Å². The van der Waals surface area contributed by atoms with Gasteiger partial charge in [0.25, 0.3) is 5.92 Å². The number of nitrogens with zero attached hydrogens (tertiary/aromatic N) is 1. The van der Waals surface area contributed by atoms with E-state index in [2.05, 4.69) is 0 Å². The fourth-order valence-corrected chi connectivity index (χ4v) is 1.61. The van der Waals surface area contributed by atoms with Crippen molar-refractivity contribution in [1.29, 1.82) is 0 Å². The van der Waals surface area contributed by atoms with Gasteiger partial charge in [0.1, 0.15) is 0 Å². The first-order valence-corrected chi connectivity index (χ1v) is 4.71. The lowest BCUT2D eigenvalue weighted by atomic mass is 10.3. The number of carbonyl (C=O) groups is 1. The summed E-state index contributed by atoms with van der Waals surface area (Å²) in [5, 5.41) is 0. The normalized spacial score (nSPS) is 19.5. The van der Waals surface area contributed by atoms with Gasteiger partial charge in [-0.3, -0.25) is 4.79 Å². The van der Waals surface area contributed by atoms with Gasteiger partial charge in [-0.15, -0.1) is 0 Å². The van der Waals surface area contributed by atoms with Crippen LogP contribution in [0.3, 0.4) is 0 Å². The average Bonchev–Trinajstić information content (AvgIpc) is 2.70. The molecule has 1 aromatic rings. The molecule has 2 heterocycles. The van der Waals surface area contributed by atoms with E-state index in [1.54, 1.807) is 6.07 Å². The maximum atomic E-state index is 12.9. The summed E-state index contributed by atoms with van der Waals surface area (Å²) in [5.41, 5.74) is 0. The predicted molar refractivity (Wildman–Crippen MR) is 50.5 cm³/mol. The molecule has 0 aromatic carbocycles. The molecule has 0 bridgehead atoms. The van der Waals surface area contributed by atoms with Crippen LogP contribution < -0.4 is 4.90 Å². The van der Waals surface area contributed by atoms with Crippen LogP contribution in [0.25, 0.3) is 0 Å². The van der Waals surface area contributed by atoms with Crippen LogP contribution in [0.2, 0.25) is 0 Å². The highest BCUT2D eigenvalue weighted by atomic mass is 19.3. The number of Topliss-reactive ketones (excluding diaryl/α,β-unsaturated/α-hetero) is 1. The van der Waals surface area contributed by atoms with Gasteiger partial charge in [-0.2, -0.15) is 0 Å². The van der Waals surface area contributed by atoms with Crippen molar-refractivity contribution in [1.82, 2.24) is 0 Å². The van der Waals surface area contributed by atoms with Crippen molar-refractivity contribution in [3.8, 4) is 0 Å². The van der Waals surface area contributed by atoms with E-state index in [9.17, 15) is 13.6 Å². The van der Waals surface area contributed by atoms with Crippen LogP contribution in [-0.4, -0.2) is 24.8 Å². The second-order valence-corrected chi connectivity index (χ2v) is 3.72. The molecule has 5 heteroatoms. The number of alkyl halides is 2. The summed E-state index contributed by atoms with van der Waals surface area (Å²) in [6, 6.07) is 3.06. The molecular weight excluding hydrogens is 204 g/mol. The molecule has 1 aliphatic heterocycles. The Morgan fingerprint density at radius 1 is 1.53 bits per heavy atom. The third kappa shape index (κ3) is 2.00. The zero-order valence-corrected chi connectivity index (χ0v) is 8.30. The maximum Gasteiger partial charge on any atom is 0.267 e. The van der Waals surface area contributed by atoms with E-state index in [0.29, 0.717) is 5.88 Å². The molecule has 1 aromatic heterocycles. The van der Waals surface area contributed by atoms with Gasteiger partial charge in [-0.05, 0) is 6.07 Å². The number of hydrogen-bond donors (Lipinski definition) is 0. The molecular formula is C10H11F2NO2. The van der Waals surface area contributed by atoms with Crippen LogP contribution in [-0.2, 0) is 0 Å². The zero-order chi connectivity index (χ0) is 11.1. The number of hydrogen-bond acceptors (Lipinski definition) is 3. The molecule has 0 radical (unpaired) electrons. The Hall–Kier alpha value is -1.39. The number of halogens is 2. The van der Waals surface area contributed by atoms with E-state index in [-0.39, 0.29) is 31.1 Å². The first kappa shape index (κ1) is 10.1. The van der Waals surface area contributed by atoms with Gasteiger partial charge < -0.3 is 9.32 Å². The van der Waals surface area contributed by atoms with Gasteiger partial charge in [0.15, 0.2) is 17.4 Å². The fraction of sp³-hybridized carbons (Fsp3) is 0.500. The van der Waals surface area contributed by atoms with E-state index in [1.807, 2.05) is 0 Å². The molecule has 1 aliphatic rings. The predicted octanol–water partition coefficient (Wildman–Crippen LogP) is 2.33. The summed E-state index contributed by atoms with van der Waals surface area (Å²) in [6.07, 6.45) is -0.164. The van der Waals surface area contributed by atoms with Crippen molar-refractivity contribution < 1.29 is 18.0 Å². The van der Waals surface area contributed by atoms with E-state index >= 15 is 0 Å². The van der Waals surface area contributed by atoms with Crippen molar-refractivity contribution in [3.05, 3.63) is 17.9 Å². The van der Waals surface area contributed by atoms with Crippen LogP contribution in [0, 0.1) is 0 Å². The van der Waals surface area contributed by atoms with Crippen molar-refractivity contribution in [3.63, 3.8) is 0 Å². The molecule has 0 spiro atoms. The van der Waals surface area contributed by atoms with Crippen molar-refractivity contribution in [2.24, 2.45) is 0 Å². The summed E-state index contributed by atoms with van der Waals surface area (Å²) in [4.78, 5) is 12.4. The SMILES string of the molecule is CC(=O)c1ccc(N2CCC(F)(F)C2)o1. The molecule has 2 rings (SSSR count). The van der Waals surface area contributed by atoms with E-state index in [4.69, 9.17) is 4.42 Å². The Balaban J connectivity index is 2.14. The van der Waals surface area contributed by atoms with Gasteiger partial charge >= 0.3 is 0 Å². The van der Waals surface area contributed by atoms with Gasteiger partial charge in [0.05, 0.1) is 6.54 Å². The molecule has 0 N–H and O–H groups in total. The Bertz CT molecular complexity index is 387. The molecule has 0 amide bonds.